The first kappa shape index (κ1) is 50.4. The van der Waals surface area contributed by atoms with Crippen LogP contribution >= 0.6 is 0 Å². The van der Waals surface area contributed by atoms with Gasteiger partial charge in [-0.2, -0.15) is 0 Å². The molecule has 2 heteroatoms. The van der Waals surface area contributed by atoms with E-state index in [1.807, 2.05) is 0 Å². The molecule has 0 atom stereocenters. The van der Waals surface area contributed by atoms with Crippen LogP contribution in [0.25, 0.3) is 77.2 Å². The van der Waals surface area contributed by atoms with E-state index in [1.54, 1.807) is 0 Å². The Balaban J connectivity index is 0.808. The molecule has 1 aliphatic heterocycles. The molecule has 5 aliphatic rings. The second-order valence-corrected chi connectivity index (χ2v) is 25.2. The van der Waals surface area contributed by atoms with E-state index in [2.05, 4.69) is 339 Å². The lowest BCUT2D eigenvalue weighted by Gasteiger charge is -2.40. The molecule has 0 N–H and O–H groups in total. The lowest BCUT2D eigenvalue weighted by Crippen LogP contribution is -2.32. The predicted molar refractivity (Wildman–Crippen MR) is 373 cm³/mol. The lowest BCUT2D eigenvalue weighted by molar-refractivity contribution is 0.447. The van der Waals surface area contributed by atoms with Crippen molar-refractivity contribution in [3.05, 3.63) is 400 Å². The number of benzene rings is 15. The van der Waals surface area contributed by atoms with E-state index in [-0.39, 0.29) is 0 Å². The van der Waals surface area contributed by atoms with Crippen LogP contribution in [0.4, 0.5) is 17.1 Å². The minimum Gasteiger partial charge on any atom is -0.455 e. The number of anilines is 3. The highest BCUT2D eigenvalue weighted by Crippen LogP contribution is 2.67. The molecule has 15 aromatic rings. The first-order chi connectivity index (χ1) is 45.1. The molecule has 0 amide bonds. The van der Waals surface area contributed by atoms with Crippen LogP contribution in [-0.4, -0.2) is 0 Å². The summed E-state index contributed by atoms with van der Waals surface area (Å²) < 4.78 is 7.34. The molecule has 91 heavy (non-hydrogen) atoms. The van der Waals surface area contributed by atoms with Crippen molar-refractivity contribution in [2.24, 2.45) is 0 Å². The Morgan fingerprint density at radius 1 is 0.231 bits per heavy atom. The van der Waals surface area contributed by atoms with Gasteiger partial charge in [0.05, 0.1) is 21.9 Å². The van der Waals surface area contributed by atoms with Crippen LogP contribution in [0.15, 0.2) is 334 Å². The van der Waals surface area contributed by atoms with Crippen molar-refractivity contribution in [1.29, 1.82) is 0 Å². The predicted octanol–water partition coefficient (Wildman–Crippen LogP) is 22.3. The molecular weight excluding hydrogens is 1100 g/mol. The van der Waals surface area contributed by atoms with Crippen molar-refractivity contribution in [2.75, 3.05) is 4.90 Å². The second-order valence-electron chi connectivity index (χ2n) is 25.2. The van der Waals surface area contributed by atoms with E-state index in [0.717, 1.165) is 72.4 Å². The summed E-state index contributed by atoms with van der Waals surface area (Å²) in [5.74, 6) is 1.84. The Hall–Kier alpha value is -11.6. The summed E-state index contributed by atoms with van der Waals surface area (Å²) in [6.07, 6.45) is 0. The number of ether oxygens (including phenoxy) is 1. The number of nitrogens with zero attached hydrogens (tertiary/aromatic N) is 1. The van der Waals surface area contributed by atoms with Crippen molar-refractivity contribution >= 4 is 38.6 Å². The summed E-state index contributed by atoms with van der Waals surface area (Å²) in [4.78, 5) is 2.55. The first-order valence-electron chi connectivity index (χ1n) is 31.8. The second kappa shape index (κ2) is 18.7. The fourth-order valence-electron chi connectivity index (χ4n) is 17.7. The molecule has 20 rings (SSSR count). The molecule has 0 fully saturated rings. The Morgan fingerprint density at radius 3 is 1.20 bits per heavy atom. The quantitative estimate of drug-likeness (QED) is 0.165. The monoisotopic (exact) mass is 1150 g/mol. The molecule has 1 heterocycles. The van der Waals surface area contributed by atoms with Gasteiger partial charge in [0.25, 0.3) is 0 Å². The van der Waals surface area contributed by atoms with Crippen LogP contribution in [0.2, 0.25) is 0 Å². The van der Waals surface area contributed by atoms with Gasteiger partial charge in [-0.3, -0.25) is 0 Å². The Labute approximate surface area is 528 Å². The van der Waals surface area contributed by atoms with E-state index >= 15 is 0 Å². The van der Waals surface area contributed by atoms with Crippen molar-refractivity contribution < 1.29 is 4.74 Å². The molecule has 0 unspecified atom stereocenters. The molecule has 15 aromatic carbocycles. The number of rotatable bonds is 6. The molecule has 0 saturated carbocycles. The average Bonchev–Trinajstić information content (AvgIpc) is 1.59. The van der Waals surface area contributed by atoms with Crippen LogP contribution in [0.1, 0.15) is 66.8 Å². The maximum Gasteiger partial charge on any atom is 0.140 e. The Bertz CT molecular complexity index is 5410. The largest absolute Gasteiger partial charge is 0.455 e. The Morgan fingerprint density at radius 2 is 0.637 bits per heavy atom. The highest BCUT2D eigenvalue weighted by molar-refractivity contribution is 6.03. The van der Waals surface area contributed by atoms with Gasteiger partial charge in [-0.15, -0.1) is 0 Å². The van der Waals surface area contributed by atoms with E-state index in [9.17, 15) is 0 Å². The molecule has 0 radical (unpaired) electrons. The smallest absolute Gasteiger partial charge is 0.140 e. The van der Waals surface area contributed by atoms with Crippen molar-refractivity contribution in [3.63, 3.8) is 0 Å². The van der Waals surface area contributed by atoms with E-state index in [0.29, 0.717) is 0 Å². The van der Waals surface area contributed by atoms with Crippen LogP contribution < -0.4 is 9.64 Å². The van der Waals surface area contributed by atoms with Gasteiger partial charge in [-0.25, -0.2) is 0 Å². The molecular formula is C89H55NO. The zero-order chi connectivity index (χ0) is 59.6. The number of hydrogen-bond acceptors (Lipinski definition) is 2. The van der Waals surface area contributed by atoms with Crippen molar-refractivity contribution in [1.82, 2.24) is 0 Å². The van der Waals surface area contributed by atoms with Crippen molar-refractivity contribution in [2.45, 2.75) is 16.2 Å². The molecule has 4 aliphatic carbocycles. The van der Waals surface area contributed by atoms with Crippen LogP contribution in [-0.2, 0) is 16.2 Å². The van der Waals surface area contributed by atoms with Gasteiger partial charge >= 0.3 is 0 Å². The van der Waals surface area contributed by atoms with Gasteiger partial charge in [0.1, 0.15) is 11.5 Å². The van der Waals surface area contributed by atoms with Crippen LogP contribution in [0.5, 0.6) is 11.5 Å². The molecule has 0 aromatic heterocycles. The van der Waals surface area contributed by atoms with Crippen molar-refractivity contribution in [3.8, 4) is 67.1 Å². The summed E-state index contributed by atoms with van der Waals surface area (Å²) in [5.41, 5.74) is 29.2. The van der Waals surface area contributed by atoms with Gasteiger partial charge in [-0.1, -0.05) is 297 Å². The van der Waals surface area contributed by atoms with Gasteiger partial charge in [0.15, 0.2) is 0 Å². The topological polar surface area (TPSA) is 12.5 Å². The highest BCUT2D eigenvalue weighted by atomic mass is 16.5. The van der Waals surface area contributed by atoms with Gasteiger partial charge in [0.2, 0.25) is 0 Å². The first-order valence-corrected chi connectivity index (χ1v) is 31.8. The minimum absolute atomic E-state index is 0.464. The third kappa shape index (κ3) is 6.50. The van der Waals surface area contributed by atoms with Crippen LogP contribution in [0, 0.1) is 0 Å². The van der Waals surface area contributed by atoms with Gasteiger partial charge in [-0.05, 0) is 153 Å². The Kier molecular flexibility index (Phi) is 10.4. The summed E-state index contributed by atoms with van der Waals surface area (Å²) >= 11 is 0. The van der Waals surface area contributed by atoms with Gasteiger partial charge < -0.3 is 9.64 Å². The normalized spacial score (nSPS) is 14.5. The number of fused-ring (bicyclic) bond motifs is 26. The standard InChI is InChI=1S/C89H55NO/c1-3-24-60(25-4-1)87(61-26-5-2-6-27-61)77-39-20-15-34-71(77)84-79(87)40-21-41-83(84)90(63-49-53-78-72(55-63)69-33-14-19-38-76(69)88(78)73-35-16-11-30-66(73)67-31-12-17-36-74(67)88)62-47-42-56(43-48-62)59-44-50-70-68-32-13-18-37-75(68)89(82(70)54-59)80-51-45-57-22-7-9-28-64(57)85(80)91-86-65-29-10-8-23-58(65)46-52-81(86)89/h1-55H. The summed E-state index contributed by atoms with van der Waals surface area (Å²) in [7, 11) is 0. The summed E-state index contributed by atoms with van der Waals surface area (Å²) in [6, 6.07) is 126. The highest BCUT2D eigenvalue weighted by Gasteiger charge is 2.54. The maximum atomic E-state index is 7.34. The van der Waals surface area contributed by atoms with E-state index < -0.39 is 16.2 Å². The van der Waals surface area contributed by atoms with Gasteiger partial charge in [0, 0.05) is 38.8 Å². The SMILES string of the molecule is c1ccc(C2(c3ccccc3)c3ccccc3-c3c(N(c4ccc(-c5ccc6c(c5)C5(c7ccccc7-6)c6ccc7ccccc7c6Oc6c5ccc5ccccc65)cc4)c4ccc5c(c4)-c4ccccc4C54c5ccccc5-c5ccccc54)cccc32)cc1. The zero-order valence-electron chi connectivity index (χ0n) is 49.6. The molecule has 0 bridgehead atoms. The molecule has 422 valence electrons. The lowest BCUT2D eigenvalue weighted by atomic mass is 9.65. The molecule has 2 nitrogen and oxygen atoms in total. The fraction of sp³-hybridized carbons (Fsp3) is 0.0337. The third-order valence-corrected chi connectivity index (χ3v) is 21.2. The fourth-order valence-corrected chi connectivity index (χ4v) is 17.7. The summed E-state index contributed by atoms with van der Waals surface area (Å²) in [5, 5.41) is 4.54. The minimum atomic E-state index is -0.665. The molecule has 0 saturated heterocycles. The zero-order valence-corrected chi connectivity index (χ0v) is 49.6. The molecule has 2 spiro atoms. The number of hydrogen-bond donors (Lipinski definition) is 0. The van der Waals surface area contributed by atoms with Crippen LogP contribution in [0.3, 0.4) is 0 Å². The van der Waals surface area contributed by atoms with E-state index in [1.165, 1.54) is 100 Å². The average molecular weight is 1150 g/mol. The van der Waals surface area contributed by atoms with E-state index in [4.69, 9.17) is 4.74 Å². The maximum absolute atomic E-state index is 7.34. The third-order valence-electron chi connectivity index (χ3n) is 21.2. The summed E-state index contributed by atoms with van der Waals surface area (Å²) in [6.45, 7) is 0.